The molecule has 0 bridgehead atoms. The molecule has 0 saturated heterocycles. The van der Waals surface area contributed by atoms with Gasteiger partial charge in [0.25, 0.3) is 11.8 Å². The fourth-order valence-corrected chi connectivity index (χ4v) is 3.49. The average Bonchev–Trinajstić information content (AvgIpc) is 2.90. The third-order valence-corrected chi connectivity index (χ3v) is 5.45. The first-order chi connectivity index (χ1) is 17.6. The van der Waals surface area contributed by atoms with Gasteiger partial charge >= 0.3 is 5.97 Å². The van der Waals surface area contributed by atoms with Crippen molar-refractivity contribution in [1.29, 1.82) is 5.41 Å². The van der Waals surface area contributed by atoms with Crippen LogP contribution in [0.15, 0.2) is 61.2 Å². The summed E-state index contributed by atoms with van der Waals surface area (Å²) in [7, 11) is 1.22. The lowest BCUT2D eigenvalue weighted by atomic mass is 9.95. The van der Waals surface area contributed by atoms with Crippen LogP contribution in [-0.4, -0.2) is 42.3 Å². The molecule has 9 heteroatoms. The number of carbonyl (C=O) groups excluding carboxylic acids is 3. The molecule has 0 aliphatic carbocycles. The lowest BCUT2D eigenvalue weighted by Gasteiger charge is -2.15. The Kier molecular flexibility index (Phi) is 8.52. The molecule has 3 aromatic rings. The van der Waals surface area contributed by atoms with E-state index in [1.807, 2.05) is 13.8 Å². The third-order valence-electron chi connectivity index (χ3n) is 5.45. The summed E-state index contributed by atoms with van der Waals surface area (Å²) in [6, 6.07) is 14.7. The first kappa shape index (κ1) is 26.8. The minimum atomic E-state index is -0.743. The quantitative estimate of drug-likeness (QED) is 0.198. The molecule has 3 rings (SSSR count). The maximum Gasteiger partial charge on any atom is 0.357 e. The Balaban J connectivity index is 2.05. The second-order valence-electron chi connectivity index (χ2n) is 8.64. The van der Waals surface area contributed by atoms with Crippen molar-refractivity contribution in [2.75, 3.05) is 19.0 Å². The molecular formula is C28H29N5O4. The first-order valence-electron chi connectivity index (χ1n) is 11.5. The van der Waals surface area contributed by atoms with Gasteiger partial charge in [-0.3, -0.25) is 15.0 Å². The molecule has 0 fully saturated rings. The first-order valence-corrected chi connectivity index (χ1v) is 11.5. The number of nitrogens with one attached hydrogen (secondary N) is 3. The second kappa shape index (κ2) is 11.8. The lowest BCUT2D eigenvalue weighted by molar-refractivity contribution is 0.0594. The minimum absolute atomic E-state index is 0.0593. The van der Waals surface area contributed by atoms with Crippen LogP contribution in [0.4, 0.5) is 5.69 Å². The zero-order valence-corrected chi connectivity index (χ0v) is 20.9. The van der Waals surface area contributed by atoms with Gasteiger partial charge in [-0.25, -0.2) is 9.78 Å². The van der Waals surface area contributed by atoms with Crippen molar-refractivity contribution in [1.82, 2.24) is 10.3 Å². The van der Waals surface area contributed by atoms with Crippen LogP contribution in [0.1, 0.15) is 56.3 Å². The number of ether oxygens (including phenoxy) is 1. The van der Waals surface area contributed by atoms with Gasteiger partial charge in [-0.15, -0.1) is 0 Å². The minimum Gasteiger partial charge on any atom is -0.464 e. The number of amides is 2. The Bertz CT molecular complexity index is 1360. The van der Waals surface area contributed by atoms with E-state index in [2.05, 4.69) is 22.2 Å². The van der Waals surface area contributed by atoms with Crippen LogP contribution in [0, 0.1) is 11.3 Å². The summed E-state index contributed by atoms with van der Waals surface area (Å²) < 4.78 is 4.93. The molecule has 0 radical (unpaired) electrons. The van der Waals surface area contributed by atoms with Crippen LogP contribution >= 0.6 is 0 Å². The van der Waals surface area contributed by atoms with Crippen molar-refractivity contribution >= 4 is 35.4 Å². The van der Waals surface area contributed by atoms with E-state index < -0.39 is 17.8 Å². The number of pyridine rings is 1. The van der Waals surface area contributed by atoms with Crippen molar-refractivity contribution in [2.45, 2.75) is 13.8 Å². The summed E-state index contributed by atoms with van der Waals surface area (Å²) in [5.74, 6) is -1.44. The molecular weight excluding hydrogens is 470 g/mol. The lowest BCUT2D eigenvalue weighted by Crippen LogP contribution is -2.28. The Morgan fingerprint density at radius 1 is 1.05 bits per heavy atom. The summed E-state index contributed by atoms with van der Waals surface area (Å²) >= 11 is 0. The maximum atomic E-state index is 13.4. The van der Waals surface area contributed by atoms with E-state index in [-0.39, 0.29) is 28.7 Å². The summed E-state index contributed by atoms with van der Waals surface area (Å²) in [5, 5.41) is 13.1. The third kappa shape index (κ3) is 6.46. The number of benzene rings is 2. The van der Waals surface area contributed by atoms with Crippen LogP contribution in [-0.2, 0) is 4.74 Å². The normalized spacial score (nSPS) is 10.5. The van der Waals surface area contributed by atoms with Crippen LogP contribution in [0.5, 0.6) is 0 Å². The predicted octanol–water partition coefficient (Wildman–Crippen LogP) is 4.10. The van der Waals surface area contributed by atoms with Crippen molar-refractivity contribution < 1.29 is 19.1 Å². The van der Waals surface area contributed by atoms with E-state index in [0.29, 0.717) is 34.5 Å². The highest BCUT2D eigenvalue weighted by Crippen LogP contribution is 2.29. The molecule has 2 aromatic carbocycles. The number of carbonyl (C=O) groups is 3. The molecule has 190 valence electrons. The summed E-state index contributed by atoms with van der Waals surface area (Å²) in [6.07, 6.45) is 1.60. The number of anilines is 1. The SMILES string of the molecule is C=Cc1ccc(-c2ccc(C(=O)NCC(C)C)nc2C(=O)OC)c(C(=O)Nc2ccc(C(=N)N)cc2)c1. The van der Waals surface area contributed by atoms with Crippen LogP contribution < -0.4 is 16.4 Å². The van der Waals surface area contributed by atoms with Crippen LogP contribution in [0.25, 0.3) is 17.2 Å². The number of nitrogens with zero attached hydrogens (tertiary/aromatic N) is 1. The molecule has 5 N–H and O–H groups in total. The Labute approximate surface area is 215 Å². The van der Waals surface area contributed by atoms with Gasteiger partial charge in [0.15, 0.2) is 5.69 Å². The molecule has 0 unspecified atom stereocenters. The largest absolute Gasteiger partial charge is 0.464 e. The number of nitrogens with two attached hydrogens (primary N) is 1. The van der Waals surface area contributed by atoms with E-state index in [9.17, 15) is 14.4 Å². The Morgan fingerprint density at radius 3 is 2.32 bits per heavy atom. The van der Waals surface area contributed by atoms with E-state index in [1.54, 1.807) is 54.6 Å². The van der Waals surface area contributed by atoms with Gasteiger partial charge < -0.3 is 21.1 Å². The second-order valence-corrected chi connectivity index (χ2v) is 8.64. The van der Waals surface area contributed by atoms with Gasteiger partial charge in [-0.05, 0) is 59.5 Å². The molecule has 0 aliphatic heterocycles. The zero-order valence-electron chi connectivity index (χ0n) is 20.9. The fourth-order valence-electron chi connectivity index (χ4n) is 3.49. The van der Waals surface area contributed by atoms with E-state index in [0.717, 1.165) is 0 Å². The van der Waals surface area contributed by atoms with Crippen LogP contribution in [0.2, 0.25) is 0 Å². The standard InChI is InChI=1S/C28H29N5O4/c1-5-17-6-11-20(22(14-17)26(34)32-19-9-7-18(8-10-19)25(29)30)21-12-13-23(27(35)31-15-16(2)3)33-24(21)28(36)37-4/h5-14,16H,1,15H2,2-4H3,(H3,29,30)(H,31,35)(H,32,34). The number of esters is 1. The van der Waals surface area contributed by atoms with Crippen molar-refractivity contribution in [3.05, 3.63) is 89.3 Å². The smallest absolute Gasteiger partial charge is 0.357 e. The summed E-state index contributed by atoms with van der Waals surface area (Å²) in [5.41, 5.74) is 8.20. The molecule has 1 heterocycles. The maximum absolute atomic E-state index is 13.4. The fraction of sp³-hybridized carbons (Fsp3) is 0.179. The monoisotopic (exact) mass is 499 g/mol. The molecule has 9 nitrogen and oxygen atoms in total. The van der Waals surface area contributed by atoms with Crippen LogP contribution in [0.3, 0.4) is 0 Å². The van der Waals surface area contributed by atoms with Gasteiger partial charge in [-0.2, -0.15) is 0 Å². The van der Waals surface area contributed by atoms with Gasteiger partial charge in [0.05, 0.1) is 7.11 Å². The van der Waals surface area contributed by atoms with E-state index in [4.69, 9.17) is 15.9 Å². The summed E-state index contributed by atoms with van der Waals surface area (Å²) in [4.78, 5) is 42.9. The van der Waals surface area contributed by atoms with E-state index >= 15 is 0 Å². The molecule has 1 aromatic heterocycles. The number of nitrogen functional groups attached to an aromatic ring is 1. The zero-order chi connectivity index (χ0) is 27.1. The highest BCUT2D eigenvalue weighted by Gasteiger charge is 2.23. The molecule has 0 saturated carbocycles. The number of aromatic nitrogens is 1. The Hall–Kier alpha value is -4.79. The summed E-state index contributed by atoms with van der Waals surface area (Å²) in [6.45, 7) is 8.16. The van der Waals surface area contributed by atoms with Gasteiger partial charge in [-0.1, -0.05) is 38.6 Å². The van der Waals surface area contributed by atoms with Crippen molar-refractivity contribution in [3.8, 4) is 11.1 Å². The number of amidine groups is 1. The number of hydrogen-bond donors (Lipinski definition) is 4. The highest BCUT2D eigenvalue weighted by molar-refractivity contribution is 6.11. The Morgan fingerprint density at radius 2 is 1.73 bits per heavy atom. The number of methoxy groups -OCH3 is 1. The highest BCUT2D eigenvalue weighted by atomic mass is 16.5. The van der Waals surface area contributed by atoms with Crippen molar-refractivity contribution in [2.24, 2.45) is 11.7 Å². The molecule has 0 spiro atoms. The topological polar surface area (TPSA) is 147 Å². The predicted molar refractivity (Wildman–Crippen MR) is 144 cm³/mol. The van der Waals surface area contributed by atoms with Gasteiger partial charge in [0.2, 0.25) is 0 Å². The number of rotatable bonds is 9. The van der Waals surface area contributed by atoms with Crippen molar-refractivity contribution in [3.63, 3.8) is 0 Å². The molecule has 2 amide bonds. The molecule has 37 heavy (non-hydrogen) atoms. The number of hydrogen-bond acceptors (Lipinski definition) is 6. The molecule has 0 aliphatic rings. The molecule has 0 atom stereocenters. The van der Waals surface area contributed by atoms with Gasteiger partial charge in [0.1, 0.15) is 11.5 Å². The van der Waals surface area contributed by atoms with E-state index in [1.165, 1.54) is 13.2 Å². The average molecular weight is 500 g/mol. The van der Waals surface area contributed by atoms with Gasteiger partial charge in [0, 0.05) is 28.9 Å².